The molecule has 0 bridgehead atoms. The fourth-order valence-corrected chi connectivity index (χ4v) is 3.95. The van der Waals surface area contributed by atoms with Crippen molar-refractivity contribution in [3.05, 3.63) is 33.5 Å². The second-order valence-corrected chi connectivity index (χ2v) is 7.26. The average molecular weight is 428 g/mol. The summed E-state index contributed by atoms with van der Waals surface area (Å²) < 4.78 is 15.8. The van der Waals surface area contributed by atoms with Gasteiger partial charge in [0.15, 0.2) is 5.57 Å². The van der Waals surface area contributed by atoms with Gasteiger partial charge in [0.05, 0.1) is 36.4 Å². The molecule has 3 rings (SSSR count). The first-order valence-corrected chi connectivity index (χ1v) is 10.4. The molecule has 0 amide bonds. The lowest BCUT2D eigenvalue weighted by molar-refractivity contribution is -0.146. The number of ether oxygens (including phenoxy) is 3. The quantitative estimate of drug-likeness (QED) is 0.317. The Balaban J connectivity index is 1.93. The highest BCUT2D eigenvalue weighted by Crippen LogP contribution is 2.41. The molecule has 8 nitrogen and oxygen atoms in total. The molecule has 0 radical (unpaired) electrons. The molecule has 2 aliphatic rings. The van der Waals surface area contributed by atoms with Crippen LogP contribution >= 0.6 is 23.4 Å². The molecule has 2 aliphatic heterocycles. The van der Waals surface area contributed by atoms with E-state index in [0.29, 0.717) is 40.6 Å². The predicted molar refractivity (Wildman–Crippen MR) is 106 cm³/mol. The third-order valence-electron chi connectivity index (χ3n) is 4.12. The molecule has 1 unspecified atom stereocenters. The van der Waals surface area contributed by atoms with Gasteiger partial charge in [-0.3, -0.25) is 0 Å². The minimum absolute atomic E-state index is 0.117. The van der Waals surface area contributed by atoms with Crippen molar-refractivity contribution in [2.45, 2.75) is 20.0 Å². The number of morpholine rings is 1. The summed E-state index contributed by atoms with van der Waals surface area (Å²) in [6.07, 6.45) is -0.253. The number of hydrogen-bond donors (Lipinski definition) is 1. The smallest absolute Gasteiger partial charge is 0.348 e. The first-order chi connectivity index (χ1) is 13.6. The monoisotopic (exact) mass is 427 g/mol. The number of rotatable bonds is 6. The summed E-state index contributed by atoms with van der Waals surface area (Å²) >= 11 is 7.68. The zero-order chi connectivity index (χ0) is 20.1. The predicted octanol–water partition coefficient (Wildman–Crippen LogP) is 2.24. The van der Waals surface area contributed by atoms with Crippen LogP contribution in [0.4, 0.5) is 5.82 Å². The molecular formula is C18H22ClN3O5S. The number of nitrogens with zero attached hydrogens (tertiary/aromatic N) is 2. The van der Waals surface area contributed by atoms with Crippen LogP contribution in [0.5, 0.6) is 0 Å². The first kappa shape index (κ1) is 20.9. The Labute approximate surface area is 172 Å². The fraction of sp³-hybridized carbons (Fsp3) is 0.500. The van der Waals surface area contributed by atoms with E-state index in [9.17, 15) is 9.59 Å². The van der Waals surface area contributed by atoms with Gasteiger partial charge in [0, 0.05) is 13.1 Å². The van der Waals surface area contributed by atoms with Gasteiger partial charge in [-0.25, -0.2) is 14.6 Å². The average Bonchev–Trinajstić information content (AvgIpc) is 2.67. The van der Waals surface area contributed by atoms with E-state index < -0.39 is 11.9 Å². The Hall–Kier alpha value is -1.81. The van der Waals surface area contributed by atoms with E-state index in [0.717, 1.165) is 6.54 Å². The summed E-state index contributed by atoms with van der Waals surface area (Å²) in [5.74, 6) is -0.298. The lowest BCUT2D eigenvalue weighted by Crippen LogP contribution is -2.37. The largest absolute Gasteiger partial charge is 0.462 e. The zero-order valence-corrected chi connectivity index (χ0v) is 17.3. The summed E-state index contributed by atoms with van der Waals surface area (Å²) in [6.45, 7) is 5.67. The summed E-state index contributed by atoms with van der Waals surface area (Å²) in [4.78, 5) is 31.1. The molecule has 0 spiro atoms. The van der Waals surface area contributed by atoms with Crippen molar-refractivity contribution in [3.63, 3.8) is 0 Å². The molecule has 3 heterocycles. The molecular weight excluding hydrogens is 406 g/mol. The number of hydrogen-bond acceptors (Lipinski definition) is 9. The van der Waals surface area contributed by atoms with E-state index in [2.05, 4.69) is 10.3 Å². The number of aromatic nitrogens is 1. The lowest BCUT2D eigenvalue weighted by Gasteiger charge is -2.36. The molecule has 10 heteroatoms. The Kier molecular flexibility index (Phi) is 7.17. The van der Waals surface area contributed by atoms with Gasteiger partial charge in [0.25, 0.3) is 0 Å². The molecule has 1 aromatic rings. The molecule has 1 N–H and O–H groups in total. The van der Waals surface area contributed by atoms with Gasteiger partial charge in [-0.1, -0.05) is 23.4 Å². The summed E-state index contributed by atoms with van der Waals surface area (Å²) in [5, 5.41) is 4.21. The molecule has 0 aromatic carbocycles. The van der Waals surface area contributed by atoms with Crippen molar-refractivity contribution < 1.29 is 23.8 Å². The number of anilines is 1. The topological polar surface area (TPSA) is 90.0 Å². The number of halogens is 1. The third-order valence-corrected chi connectivity index (χ3v) is 5.52. The van der Waals surface area contributed by atoms with Gasteiger partial charge < -0.3 is 24.4 Å². The molecule has 1 aromatic heterocycles. The highest BCUT2D eigenvalue weighted by atomic mass is 35.5. The maximum atomic E-state index is 12.3. The second kappa shape index (κ2) is 9.60. The molecule has 1 atom stereocenters. The summed E-state index contributed by atoms with van der Waals surface area (Å²) in [7, 11) is 0. The van der Waals surface area contributed by atoms with Crippen LogP contribution in [0.25, 0.3) is 0 Å². The van der Waals surface area contributed by atoms with Crippen molar-refractivity contribution in [2.24, 2.45) is 0 Å². The maximum Gasteiger partial charge on any atom is 0.348 e. The van der Waals surface area contributed by atoms with E-state index in [1.807, 2.05) is 0 Å². The van der Waals surface area contributed by atoms with Crippen LogP contribution in [0.3, 0.4) is 0 Å². The molecule has 152 valence electrons. The van der Waals surface area contributed by atoms with Crippen LogP contribution in [-0.2, 0) is 23.8 Å². The van der Waals surface area contributed by atoms with Crippen molar-refractivity contribution in [3.8, 4) is 0 Å². The van der Waals surface area contributed by atoms with Gasteiger partial charge in [-0.2, -0.15) is 0 Å². The van der Waals surface area contributed by atoms with Crippen LogP contribution in [0, 0.1) is 0 Å². The highest BCUT2D eigenvalue weighted by Gasteiger charge is 2.36. The van der Waals surface area contributed by atoms with Crippen molar-refractivity contribution in [2.75, 3.05) is 43.7 Å². The standard InChI is InChI=1S/C18H22ClN3O5S/c1-3-25-17(23)14(18(24)26-4-2)16-22(10-28-16)13-6-5-11(19)15(21-13)12-9-20-7-8-27-12/h5-6,12,20H,3-4,7-10H2,1-2H3. The minimum Gasteiger partial charge on any atom is -0.462 e. The Morgan fingerprint density at radius 3 is 2.57 bits per heavy atom. The number of nitrogens with one attached hydrogen (secondary N) is 1. The van der Waals surface area contributed by atoms with Crippen LogP contribution in [0.2, 0.25) is 5.02 Å². The maximum absolute atomic E-state index is 12.3. The van der Waals surface area contributed by atoms with E-state index >= 15 is 0 Å². The Bertz CT molecular complexity index is 762. The summed E-state index contributed by atoms with van der Waals surface area (Å²) in [5.41, 5.74) is 0.505. The zero-order valence-electron chi connectivity index (χ0n) is 15.7. The van der Waals surface area contributed by atoms with Gasteiger partial charge in [-0.05, 0) is 26.0 Å². The van der Waals surface area contributed by atoms with Crippen LogP contribution < -0.4 is 10.2 Å². The first-order valence-electron chi connectivity index (χ1n) is 9.04. The Morgan fingerprint density at radius 1 is 1.32 bits per heavy atom. The van der Waals surface area contributed by atoms with Crippen molar-refractivity contribution in [1.82, 2.24) is 10.3 Å². The van der Waals surface area contributed by atoms with Crippen molar-refractivity contribution >= 4 is 41.1 Å². The Morgan fingerprint density at radius 2 is 2.04 bits per heavy atom. The molecule has 0 aliphatic carbocycles. The number of esters is 2. The molecule has 2 fully saturated rings. The van der Waals surface area contributed by atoms with Crippen LogP contribution in [0.1, 0.15) is 25.6 Å². The van der Waals surface area contributed by atoms with Gasteiger partial charge in [-0.15, -0.1) is 0 Å². The molecule has 0 saturated carbocycles. The number of thioether (sulfide) groups is 1. The van der Waals surface area contributed by atoms with E-state index in [-0.39, 0.29) is 24.9 Å². The molecule has 2 saturated heterocycles. The van der Waals surface area contributed by atoms with Crippen LogP contribution in [0.15, 0.2) is 22.7 Å². The highest BCUT2D eigenvalue weighted by molar-refractivity contribution is 8.05. The fourth-order valence-electron chi connectivity index (χ4n) is 2.80. The van der Waals surface area contributed by atoms with Gasteiger partial charge in [0.2, 0.25) is 0 Å². The van der Waals surface area contributed by atoms with E-state index in [1.54, 1.807) is 30.9 Å². The van der Waals surface area contributed by atoms with Crippen LogP contribution in [-0.4, -0.2) is 55.7 Å². The second-order valence-electron chi connectivity index (χ2n) is 5.92. The number of pyridine rings is 1. The lowest BCUT2D eigenvalue weighted by atomic mass is 10.2. The SMILES string of the molecule is CCOC(=O)C(C(=O)OCC)=C1SCN1c1ccc(Cl)c(C2CNCCO2)n1. The minimum atomic E-state index is -0.706. The normalized spacial score (nSPS) is 19.0. The van der Waals surface area contributed by atoms with Crippen molar-refractivity contribution in [1.29, 1.82) is 0 Å². The van der Waals surface area contributed by atoms with Gasteiger partial charge >= 0.3 is 11.9 Å². The van der Waals surface area contributed by atoms with Gasteiger partial charge in [0.1, 0.15) is 17.0 Å². The van der Waals surface area contributed by atoms with E-state index in [4.69, 9.17) is 25.8 Å². The number of carbonyl (C=O) groups excluding carboxylic acids is 2. The number of carbonyl (C=O) groups is 2. The summed E-state index contributed by atoms with van der Waals surface area (Å²) in [6, 6.07) is 3.49. The third kappa shape index (κ3) is 4.43. The van der Waals surface area contributed by atoms with E-state index in [1.165, 1.54) is 11.8 Å². The molecule has 28 heavy (non-hydrogen) atoms.